The molecule has 0 bridgehead atoms. The minimum absolute atomic E-state index is 0.204. The molecule has 0 N–H and O–H groups in total. The summed E-state index contributed by atoms with van der Waals surface area (Å²) in [6.45, 7) is 0. The van der Waals surface area contributed by atoms with Crippen LogP contribution in [-0.2, 0) is 4.74 Å². The van der Waals surface area contributed by atoms with E-state index in [2.05, 4.69) is 5.10 Å². The maximum atomic E-state index is 12.4. The average Bonchev–Trinajstić information content (AvgIpc) is 2.72. The third kappa shape index (κ3) is 3.06. The molecule has 1 aromatic rings. The first-order chi connectivity index (χ1) is 9.61. The SMILES string of the molecule is COC1=NN(C(=O)c2ccc(N(C)C)cc2)C=CC=C1. The Morgan fingerprint density at radius 3 is 2.50 bits per heavy atom. The number of carbonyl (C=O) groups excluding carboxylic acids is 1. The molecule has 0 spiro atoms. The van der Waals surface area contributed by atoms with Gasteiger partial charge in [-0.25, -0.2) is 5.01 Å². The number of hydrazone groups is 1. The Morgan fingerprint density at radius 1 is 1.20 bits per heavy atom. The van der Waals surface area contributed by atoms with Gasteiger partial charge in [0, 0.05) is 37.6 Å². The summed E-state index contributed by atoms with van der Waals surface area (Å²) < 4.78 is 5.06. The van der Waals surface area contributed by atoms with Crippen molar-refractivity contribution in [2.75, 3.05) is 26.1 Å². The van der Waals surface area contributed by atoms with E-state index in [0.29, 0.717) is 11.5 Å². The summed E-state index contributed by atoms with van der Waals surface area (Å²) in [7, 11) is 5.42. The molecule has 1 heterocycles. The molecule has 0 atom stereocenters. The molecule has 1 aliphatic heterocycles. The highest BCUT2D eigenvalue weighted by molar-refractivity contribution is 5.97. The van der Waals surface area contributed by atoms with E-state index in [0.717, 1.165) is 5.69 Å². The predicted octanol–water partition coefficient (Wildman–Crippen LogP) is 2.24. The smallest absolute Gasteiger partial charge is 0.278 e. The van der Waals surface area contributed by atoms with Crippen molar-refractivity contribution < 1.29 is 9.53 Å². The molecule has 0 fully saturated rings. The van der Waals surface area contributed by atoms with Crippen LogP contribution in [0.25, 0.3) is 0 Å². The second-order valence-corrected chi connectivity index (χ2v) is 4.43. The van der Waals surface area contributed by atoms with Crippen molar-refractivity contribution in [1.82, 2.24) is 5.01 Å². The quantitative estimate of drug-likeness (QED) is 0.828. The largest absolute Gasteiger partial charge is 0.480 e. The molecule has 104 valence electrons. The monoisotopic (exact) mass is 271 g/mol. The zero-order chi connectivity index (χ0) is 14.5. The average molecular weight is 271 g/mol. The van der Waals surface area contributed by atoms with Gasteiger partial charge in [-0.05, 0) is 30.3 Å². The topological polar surface area (TPSA) is 45.1 Å². The van der Waals surface area contributed by atoms with Crippen molar-refractivity contribution in [3.63, 3.8) is 0 Å². The van der Waals surface area contributed by atoms with Crippen LogP contribution < -0.4 is 4.90 Å². The molecule has 0 aromatic heterocycles. The Bertz CT molecular complexity index is 571. The van der Waals surface area contributed by atoms with Gasteiger partial charge >= 0.3 is 0 Å². The van der Waals surface area contributed by atoms with E-state index in [1.807, 2.05) is 31.1 Å². The molecular weight excluding hydrogens is 254 g/mol. The molecule has 5 heteroatoms. The number of hydrogen-bond acceptors (Lipinski definition) is 4. The van der Waals surface area contributed by atoms with E-state index in [-0.39, 0.29) is 5.91 Å². The van der Waals surface area contributed by atoms with Crippen LogP contribution in [0.15, 0.2) is 53.8 Å². The fourth-order valence-electron chi connectivity index (χ4n) is 1.70. The van der Waals surface area contributed by atoms with Gasteiger partial charge in [-0.1, -0.05) is 6.08 Å². The van der Waals surface area contributed by atoms with Crippen LogP contribution in [0.3, 0.4) is 0 Å². The van der Waals surface area contributed by atoms with E-state index < -0.39 is 0 Å². The molecule has 0 radical (unpaired) electrons. The molecule has 0 unspecified atom stereocenters. The Labute approximate surface area is 118 Å². The highest BCUT2D eigenvalue weighted by atomic mass is 16.5. The molecule has 5 nitrogen and oxygen atoms in total. The van der Waals surface area contributed by atoms with Crippen molar-refractivity contribution in [1.29, 1.82) is 0 Å². The number of nitrogens with zero attached hydrogens (tertiary/aromatic N) is 3. The van der Waals surface area contributed by atoms with Crippen molar-refractivity contribution in [2.45, 2.75) is 0 Å². The Balaban J connectivity index is 2.22. The summed E-state index contributed by atoms with van der Waals surface area (Å²) in [6.07, 6.45) is 6.80. The van der Waals surface area contributed by atoms with Crippen LogP contribution >= 0.6 is 0 Å². The van der Waals surface area contributed by atoms with E-state index in [1.165, 1.54) is 12.1 Å². The van der Waals surface area contributed by atoms with Crippen molar-refractivity contribution in [2.24, 2.45) is 5.10 Å². The molecule has 1 amide bonds. The first-order valence-electron chi connectivity index (χ1n) is 6.20. The summed E-state index contributed by atoms with van der Waals surface area (Å²) in [5.74, 6) is 0.179. The van der Waals surface area contributed by atoms with Gasteiger partial charge in [0.25, 0.3) is 5.91 Å². The molecule has 1 aromatic carbocycles. The number of methoxy groups -OCH3 is 1. The molecule has 2 rings (SSSR count). The van der Waals surface area contributed by atoms with Gasteiger partial charge in [-0.15, -0.1) is 5.10 Å². The number of amides is 1. The fourth-order valence-corrected chi connectivity index (χ4v) is 1.70. The Kier molecular flexibility index (Phi) is 4.20. The fraction of sp³-hybridized carbons (Fsp3) is 0.200. The van der Waals surface area contributed by atoms with Crippen LogP contribution in [0.1, 0.15) is 10.4 Å². The molecular formula is C15H17N3O2. The summed E-state index contributed by atoms with van der Waals surface area (Å²) in [5.41, 5.74) is 1.61. The molecule has 20 heavy (non-hydrogen) atoms. The van der Waals surface area contributed by atoms with Gasteiger partial charge in [0.15, 0.2) is 0 Å². The maximum Gasteiger partial charge on any atom is 0.278 e. The third-order valence-electron chi connectivity index (χ3n) is 2.83. The van der Waals surface area contributed by atoms with Crippen molar-refractivity contribution >= 4 is 17.5 Å². The maximum absolute atomic E-state index is 12.4. The standard InChI is InChI=1S/C15H17N3O2/c1-17(2)13-9-7-12(8-10-13)15(19)18-11-5-4-6-14(16-18)20-3/h4-11H,1-3H3. The van der Waals surface area contributed by atoms with E-state index in [9.17, 15) is 4.79 Å². The van der Waals surface area contributed by atoms with Crippen LogP contribution in [0.2, 0.25) is 0 Å². The van der Waals surface area contributed by atoms with Gasteiger partial charge in [0.1, 0.15) is 0 Å². The minimum atomic E-state index is -0.204. The van der Waals surface area contributed by atoms with Gasteiger partial charge in [0.05, 0.1) is 7.11 Å². The van der Waals surface area contributed by atoms with E-state index in [4.69, 9.17) is 4.74 Å². The molecule has 0 saturated carbocycles. The van der Waals surface area contributed by atoms with Crippen molar-refractivity contribution in [3.05, 3.63) is 54.3 Å². The van der Waals surface area contributed by atoms with Crippen LogP contribution in [0.4, 0.5) is 5.69 Å². The lowest BCUT2D eigenvalue weighted by molar-refractivity contribution is 0.0822. The van der Waals surface area contributed by atoms with Crippen molar-refractivity contribution in [3.8, 4) is 0 Å². The van der Waals surface area contributed by atoms with Gasteiger partial charge < -0.3 is 9.64 Å². The second-order valence-electron chi connectivity index (χ2n) is 4.43. The highest BCUT2D eigenvalue weighted by Gasteiger charge is 2.14. The first-order valence-corrected chi connectivity index (χ1v) is 6.20. The molecule has 1 aliphatic rings. The number of allylic oxidation sites excluding steroid dienone is 2. The minimum Gasteiger partial charge on any atom is -0.480 e. The lowest BCUT2D eigenvalue weighted by Crippen LogP contribution is -2.22. The summed E-state index contributed by atoms with van der Waals surface area (Å²) in [4.78, 5) is 14.3. The van der Waals surface area contributed by atoms with Gasteiger partial charge in [0.2, 0.25) is 5.90 Å². The number of ether oxygens (including phenoxy) is 1. The second kappa shape index (κ2) is 6.06. The van der Waals surface area contributed by atoms with Crippen LogP contribution in [-0.4, -0.2) is 38.0 Å². The number of benzene rings is 1. The Morgan fingerprint density at radius 2 is 1.90 bits per heavy atom. The normalized spacial score (nSPS) is 13.8. The predicted molar refractivity (Wildman–Crippen MR) is 79.7 cm³/mol. The van der Waals surface area contributed by atoms with E-state index >= 15 is 0 Å². The number of hydrogen-bond donors (Lipinski definition) is 0. The number of anilines is 1. The van der Waals surface area contributed by atoms with E-state index in [1.54, 1.807) is 36.6 Å². The molecule has 0 aliphatic carbocycles. The zero-order valence-electron chi connectivity index (χ0n) is 11.8. The summed E-state index contributed by atoms with van der Waals surface area (Å²) >= 11 is 0. The molecule has 0 saturated heterocycles. The zero-order valence-corrected chi connectivity index (χ0v) is 11.8. The van der Waals surface area contributed by atoms with Gasteiger partial charge in [-0.2, -0.15) is 0 Å². The number of rotatable bonds is 2. The first kappa shape index (κ1) is 13.9. The summed E-state index contributed by atoms with van der Waals surface area (Å²) in [6, 6.07) is 7.36. The highest BCUT2D eigenvalue weighted by Crippen LogP contribution is 2.15. The Hall–Kier alpha value is -2.56. The van der Waals surface area contributed by atoms with Crippen LogP contribution in [0, 0.1) is 0 Å². The third-order valence-corrected chi connectivity index (χ3v) is 2.83. The lowest BCUT2D eigenvalue weighted by Gasteiger charge is -2.15. The lowest BCUT2D eigenvalue weighted by atomic mass is 10.2. The van der Waals surface area contributed by atoms with Gasteiger partial charge in [-0.3, -0.25) is 4.79 Å². The number of carbonyl (C=O) groups is 1. The summed E-state index contributed by atoms with van der Waals surface area (Å²) in [5, 5.41) is 5.39. The van der Waals surface area contributed by atoms with Crippen LogP contribution in [0.5, 0.6) is 0 Å².